The molecule has 0 aliphatic heterocycles. The van der Waals surface area contributed by atoms with Gasteiger partial charge in [0, 0.05) is 27.5 Å². The van der Waals surface area contributed by atoms with Crippen LogP contribution < -0.4 is 5.32 Å². The van der Waals surface area contributed by atoms with E-state index in [1.807, 2.05) is 24.3 Å². The lowest BCUT2D eigenvalue weighted by atomic mass is 10.1. The molecule has 0 fully saturated rings. The Kier molecular flexibility index (Phi) is 4.55. The van der Waals surface area contributed by atoms with Gasteiger partial charge in [0.15, 0.2) is 5.82 Å². The molecule has 8 heteroatoms. The zero-order chi connectivity index (χ0) is 20.7. The van der Waals surface area contributed by atoms with Gasteiger partial charge in [0.1, 0.15) is 11.5 Å². The van der Waals surface area contributed by atoms with Crippen molar-refractivity contribution < 1.29 is 9.18 Å². The van der Waals surface area contributed by atoms with E-state index in [0.29, 0.717) is 21.4 Å². The van der Waals surface area contributed by atoms with Crippen LogP contribution >= 0.6 is 15.9 Å². The highest BCUT2D eigenvalue weighted by Crippen LogP contribution is 2.26. The lowest BCUT2D eigenvalue weighted by Gasteiger charge is -2.07. The fourth-order valence-electron chi connectivity index (χ4n) is 3.35. The molecule has 0 atom stereocenters. The number of imidazole rings is 1. The van der Waals surface area contributed by atoms with E-state index < -0.39 is 0 Å². The molecule has 1 amide bonds. The van der Waals surface area contributed by atoms with E-state index in [9.17, 15) is 9.18 Å². The van der Waals surface area contributed by atoms with Crippen LogP contribution in [0.25, 0.3) is 33.5 Å². The number of H-pyrrole nitrogens is 2. The number of benzene rings is 3. The predicted octanol–water partition coefficient (Wildman–Crippen LogP) is 4.94. The maximum atomic E-state index is 14.0. The first kappa shape index (κ1) is 18.5. The SMILES string of the molecule is O=C(NCc1ccc(Br)cc1F)c1ccc2nc(-c3n[nH]c4ccccc34)[nH]c2c1. The molecule has 30 heavy (non-hydrogen) atoms. The molecule has 5 rings (SSSR count). The molecule has 0 radical (unpaired) electrons. The third-order valence-electron chi connectivity index (χ3n) is 4.89. The van der Waals surface area contributed by atoms with Gasteiger partial charge in [-0.25, -0.2) is 9.37 Å². The summed E-state index contributed by atoms with van der Waals surface area (Å²) in [5.74, 6) is -0.0397. The summed E-state index contributed by atoms with van der Waals surface area (Å²) in [5.41, 5.74) is 3.97. The number of halogens is 2. The summed E-state index contributed by atoms with van der Waals surface area (Å²) in [5, 5.41) is 11.1. The van der Waals surface area contributed by atoms with Gasteiger partial charge in [-0.3, -0.25) is 9.89 Å². The Balaban J connectivity index is 1.40. The lowest BCUT2D eigenvalue weighted by molar-refractivity contribution is 0.0950. The highest BCUT2D eigenvalue weighted by Gasteiger charge is 2.14. The number of carbonyl (C=O) groups is 1. The van der Waals surface area contributed by atoms with E-state index in [2.05, 4.69) is 41.4 Å². The quantitative estimate of drug-likeness (QED) is 0.352. The van der Waals surface area contributed by atoms with Crippen molar-refractivity contribution in [1.82, 2.24) is 25.5 Å². The number of amides is 1. The first-order valence-electron chi connectivity index (χ1n) is 9.24. The summed E-state index contributed by atoms with van der Waals surface area (Å²) < 4.78 is 14.6. The molecule has 0 aliphatic rings. The van der Waals surface area contributed by atoms with Crippen LogP contribution in [-0.2, 0) is 6.54 Å². The highest BCUT2D eigenvalue weighted by molar-refractivity contribution is 9.10. The second-order valence-corrected chi connectivity index (χ2v) is 7.77. The molecule has 0 unspecified atom stereocenters. The molecule has 0 aliphatic carbocycles. The van der Waals surface area contributed by atoms with Crippen molar-refractivity contribution in [3.05, 3.63) is 82.1 Å². The summed E-state index contributed by atoms with van der Waals surface area (Å²) >= 11 is 3.22. The number of aromatic nitrogens is 4. The van der Waals surface area contributed by atoms with Gasteiger partial charge in [0.05, 0.1) is 16.6 Å². The topological polar surface area (TPSA) is 86.5 Å². The van der Waals surface area contributed by atoms with E-state index in [0.717, 1.165) is 27.6 Å². The van der Waals surface area contributed by atoms with Crippen LogP contribution in [0.15, 0.2) is 65.1 Å². The number of carbonyl (C=O) groups excluding carboxylic acids is 1. The summed E-state index contributed by atoms with van der Waals surface area (Å²) in [6, 6.07) is 17.8. The van der Waals surface area contributed by atoms with Crippen LogP contribution in [0.1, 0.15) is 15.9 Å². The van der Waals surface area contributed by atoms with Crippen LogP contribution in [0.2, 0.25) is 0 Å². The van der Waals surface area contributed by atoms with E-state index in [1.165, 1.54) is 6.07 Å². The second kappa shape index (κ2) is 7.38. The number of rotatable bonds is 4. The maximum Gasteiger partial charge on any atom is 0.251 e. The van der Waals surface area contributed by atoms with Gasteiger partial charge in [-0.2, -0.15) is 5.10 Å². The molecule has 2 heterocycles. The molecule has 5 aromatic rings. The zero-order valence-electron chi connectivity index (χ0n) is 15.5. The second-order valence-electron chi connectivity index (χ2n) is 6.85. The number of para-hydroxylation sites is 1. The van der Waals surface area contributed by atoms with E-state index in [4.69, 9.17) is 0 Å². The molecule has 0 saturated heterocycles. The smallest absolute Gasteiger partial charge is 0.251 e. The molecule has 3 N–H and O–H groups in total. The normalized spacial score (nSPS) is 11.3. The molecule has 2 aromatic heterocycles. The number of hydrogen-bond donors (Lipinski definition) is 3. The van der Waals surface area contributed by atoms with E-state index in [-0.39, 0.29) is 18.3 Å². The number of nitrogens with zero attached hydrogens (tertiary/aromatic N) is 2. The first-order chi connectivity index (χ1) is 14.6. The van der Waals surface area contributed by atoms with E-state index >= 15 is 0 Å². The van der Waals surface area contributed by atoms with Crippen molar-refractivity contribution in [3.63, 3.8) is 0 Å². The average Bonchev–Trinajstić information content (AvgIpc) is 3.36. The van der Waals surface area contributed by atoms with Gasteiger partial charge in [-0.15, -0.1) is 0 Å². The number of fused-ring (bicyclic) bond motifs is 2. The molecule has 6 nitrogen and oxygen atoms in total. The van der Waals surface area contributed by atoms with Gasteiger partial charge < -0.3 is 10.3 Å². The number of nitrogens with one attached hydrogen (secondary N) is 3. The Morgan fingerprint density at radius 2 is 1.93 bits per heavy atom. The summed E-state index contributed by atoms with van der Waals surface area (Å²) in [7, 11) is 0. The van der Waals surface area contributed by atoms with Crippen molar-refractivity contribution in [2.75, 3.05) is 0 Å². The van der Waals surface area contributed by atoms with Crippen molar-refractivity contribution in [2.45, 2.75) is 6.54 Å². The van der Waals surface area contributed by atoms with Crippen molar-refractivity contribution in [1.29, 1.82) is 0 Å². The van der Waals surface area contributed by atoms with Gasteiger partial charge in [-0.05, 0) is 36.4 Å². The monoisotopic (exact) mass is 463 g/mol. The zero-order valence-corrected chi connectivity index (χ0v) is 17.1. The van der Waals surface area contributed by atoms with Crippen LogP contribution in [0, 0.1) is 5.82 Å². The molecule has 0 spiro atoms. The minimum Gasteiger partial charge on any atom is -0.348 e. The minimum atomic E-state index is -0.371. The van der Waals surface area contributed by atoms with Crippen molar-refractivity contribution in [2.24, 2.45) is 0 Å². The molecule has 148 valence electrons. The third kappa shape index (κ3) is 3.35. The third-order valence-corrected chi connectivity index (χ3v) is 5.39. The Bertz CT molecular complexity index is 1410. The maximum absolute atomic E-state index is 14.0. The fourth-order valence-corrected chi connectivity index (χ4v) is 3.68. The van der Waals surface area contributed by atoms with Gasteiger partial charge in [-0.1, -0.05) is 40.2 Å². The Labute approximate surface area is 178 Å². The molecular weight excluding hydrogens is 449 g/mol. The molecule has 0 bridgehead atoms. The standard InChI is InChI=1S/C22H15BrFN5O/c23-14-7-5-13(16(24)10-14)11-25-22(30)12-6-8-18-19(9-12)27-21(26-18)20-15-3-1-2-4-17(15)28-29-20/h1-10H,11H2,(H,25,30)(H,26,27)(H,28,29). The molecular formula is C22H15BrFN5O. The van der Waals surface area contributed by atoms with Crippen LogP contribution in [-0.4, -0.2) is 26.1 Å². The average molecular weight is 464 g/mol. The summed E-state index contributed by atoms with van der Waals surface area (Å²) in [6.07, 6.45) is 0. The molecule has 0 saturated carbocycles. The lowest BCUT2D eigenvalue weighted by Crippen LogP contribution is -2.23. The summed E-state index contributed by atoms with van der Waals surface area (Å²) in [4.78, 5) is 20.4. The van der Waals surface area contributed by atoms with Crippen LogP contribution in [0.3, 0.4) is 0 Å². The Morgan fingerprint density at radius 1 is 1.07 bits per heavy atom. The summed E-state index contributed by atoms with van der Waals surface area (Å²) in [6.45, 7) is 0.101. The van der Waals surface area contributed by atoms with Crippen molar-refractivity contribution >= 4 is 43.8 Å². The highest BCUT2D eigenvalue weighted by atomic mass is 79.9. The van der Waals surface area contributed by atoms with Crippen LogP contribution in [0.4, 0.5) is 4.39 Å². The van der Waals surface area contributed by atoms with Crippen LogP contribution in [0.5, 0.6) is 0 Å². The Hall–Kier alpha value is -3.52. The predicted molar refractivity (Wildman–Crippen MR) is 116 cm³/mol. The van der Waals surface area contributed by atoms with Gasteiger partial charge >= 0.3 is 0 Å². The first-order valence-corrected chi connectivity index (χ1v) is 10.0. The number of aromatic amines is 2. The van der Waals surface area contributed by atoms with Crippen molar-refractivity contribution in [3.8, 4) is 11.5 Å². The Morgan fingerprint density at radius 3 is 2.80 bits per heavy atom. The number of hydrogen-bond acceptors (Lipinski definition) is 3. The fraction of sp³-hybridized carbons (Fsp3) is 0.0455. The largest absolute Gasteiger partial charge is 0.348 e. The molecule has 3 aromatic carbocycles. The minimum absolute atomic E-state index is 0.101. The van der Waals surface area contributed by atoms with E-state index in [1.54, 1.807) is 30.3 Å². The van der Waals surface area contributed by atoms with Gasteiger partial charge in [0.25, 0.3) is 5.91 Å². The van der Waals surface area contributed by atoms with Gasteiger partial charge in [0.2, 0.25) is 0 Å².